The molecule has 152 valence electrons. The van der Waals surface area contributed by atoms with Crippen molar-refractivity contribution in [2.24, 2.45) is 5.41 Å². The SMILES string of the molecule is CC(C)N1C(=O)C2(CCCCC2)C1C(=O)N1CCN(c2ccc(F)cc2)CC1. The van der Waals surface area contributed by atoms with Crippen LogP contribution in [0.15, 0.2) is 24.3 Å². The van der Waals surface area contributed by atoms with Crippen LogP contribution >= 0.6 is 0 Å². The molecule has 1 spiro atoms. The highest BCUT2D eigenvalue weighted by atomic mass is 19.1. The van der Waals surface area contributed by atoms with Crippen molar-refractivity contribution in [1.82, 2.24) is 9.80 Å². The van der Waals surface area contributed by atoms with Gasteiger partial charge in [0.25, 0.3) is 0 Å². The molecule has 1 atom stereocenters. The first kappa shape index (κ1) is 19.2. The Balaban J connectivity index is 1.46. The molecule has 3 fully saturated rings. The van der Waals surface area contributed by atoms with E-state index in [1.165, 1.54) is 12.1 Å². The molecule has 1 aromatic rings. The maximum absolute atomic E-state index is 13.5. The van der Waals surface area contributed by atoms with Gasteiger partial charge in [-0.2, -0.15) is 0 Å². The molecule has 1 aliphatic carbocycles. The molecule has 0 radical (unpaired) electrons. The second kappa shape index (κ2) is 7.37. The van der Waals surface area contributed by atoms with Gasteiger partial charge >= 0.3 is 0 Å². The molecule has 28 heavy (non-hydrogen) atoms. The van der Waals surface area contributed by atoms with E-state index >= 15 is 0 Å². The zero-order chi connectivity index (χ0) is 19.9. The van der Waals surface area contributed by atoms with Crippen molar-refractivity contribution >= 4 is 17.5 Å². The summed E-state index contributed by atoms with van der Waals surface area (Å²) in [4.78, 5) is 32.4. The van der Waals surface area contributed by atoms with Gasteiger partial charge in [-0.05, 0) is 51.0 Å². The van der Waals surface area contributed by atoms with Gasteiger partial charge in [0, 0.05) is 37.9 Å². The summed E-state index contributed by atoms with van der Waals surface area (Å²) in [6, 6.07) is 6.27. The Labute approximate surface area is 166 Å². The van der Waals surface area contributed by atoms with Gasteiger partial charge in [0.05, 0.1) is 5.41 Å². The number of likely N-dealkylation sites (tertiary alicyclic amines) is 1. The van der Waals surface area contributed by atoms with Crippen LogP contribution in [0.3, 0.4) is 0 Å². The molecule has 3 aliphatic rings. The zero-order valence-corrected chi connectivity index (χ0v) is 16.9. The molecule has 4 rings (SSSR count). The molecule has 0 aromatic heterocycles. The Kier molecular flexibility index (Phi) is 5.06. The van der Waals surface area contributed by atoms with Crippen LogP contribution in [0.5, 0.6) is 0 Å². The second-order valence-corrected chi connectivity index (χ2v) is 8.71. The largest absolute Gasteiger partial charge is 0.368 e. The number of hydrogen-bond donors (Lipinski definition) is 0. The van der Waals surface area contributed by atoms with E-state index in [1.54, 1.807) is 12.1 Å². The number of carbonyl (C=O) groups is 2. The fraction of sp³-hybridized carbons (Fsp3) is 0.636. The van der Waals surface area contributed by atoms with E-state index in [-0.39, 0.29) is 29.7 Å². The predicted molar refractivity (Wildman–Crippen MR) is 106 cm³/mol. The normalized spacial score (nSPS) is 24.6. The Morgan fingerprint density at radius 2 is 1.64 bits per heavy atom. The van der Waals surface area contributed by atoms with Crippen LogP contribution in [0.1, 0.15) is 46.0 Å². The molecule has 2 saturated heterocycles. The molecule has 5 nitrogen and oxygen atoms in total. The van der Waals surface area contributed by atoms with E-state index in [0.29, 0.717) is 13.1 Å². The van der Waals surface area contributed by atoms with E-state index in [2.05, 4.69) is 4.90 Å². The fourth-order valence-electron chi connectivity index (χ4n) is 5.26. The van der Waals surface area contributed by atoms with Crippen molar-refractivity contribution in [2.75, 3.05) is 31.1 Å². The lowest BCUT2D eigenvalue weighted by Crippen LogP contribution is -2.76. The smallest absolute Gasteiger partial charge is 0.246 e. The van der Waals surface area contributed by atoms with E-state index in [9.17, 15) is 14.0 Å². The summed E-state index contributed by atoms with van der Waals surface area (Å²) in [5.74, 6) is 0.0678. The van der Waals surface area contributed by atoms with Gasteiger partial charge in [-0.25, -0.2) is 4.39 Å². The topological polar surface area (TPSA) is 43.9 Å². The summed E-state index contributed by atoms with van der Waals surface area (Å²) >= 11 is 0. The summed E-state index contributed by atoms with van der Waals surface area (Å²) < 4.78 is 13.2. The fourth-order valence-corrected chi connectivity index (χ4v) is 5.26. The standard InChI is InChI=1S/C22H30FN3O2/c1-16(2)26-19(22(21(26)28)10-4-3-5-11-22)20(27)25-14-12-24(13-15-25)18-8-6-17(23)7-9-18/h6-9,16,19H,3-5,10-15H2,1-2H3. The maximum atomic E-state index is 13.5. The minimum Gasteiger partial charge on any atom is -0.368 e. The van der Waals surface area contributed by atoms with Crippen LogP contribution < -0.4 is 4.90 Å². The molecule has 0 bridgehead atoms. The molecular weight excluding hydrogens is 357 g/mol. The lowest BCUT2D eigenvalue weighted by Gasteiger charge is -2.59. The number of β-lactam (4-membered cyclic amide) rings is 1. The summed E-state index contributed by atoms with van der Waals surface area (Å²) in [5.41, 5.74) is 0.535. The monoisotopic (exact) mass is 387 g/mol. The minimum absolute atomic E-state index is 0.0505. The van der Waals surface area contributed by atoms with Crippen LogP contribution in [0.25, 0.3) is 0 Å². The molecule has 1 unspecified atom stereocenters. The molecule has 2 amide bonds. The van der Waals surface area contributed by atoms with Crippen molar-refractivity contribution < 1.29 is 14.0 Å². The van der Waals surface area contributed by atoms with Gasteiger partial charge < -0.3 is 14.7 Å². The predicted octanol–water partition coefficient (Wildman–Crippen LogP) is 3.04. The van der Waals surface area contributed by atoms with Gasteiger partial charge in [0.2, 0.25) is 11.8 Å². The number of carbonyl (C=O) groups excluding carboxylic acids is 2. The molecule has 2 aliphatic heterocycles. The maximum Gasteiger partial charge on any atom is 0.246 e. The van der Waals surface area contributed by atoms with Crippen molar-refractivity contribution in [3.05, 3.63) is 30.1 Å². The summed E-state index contributed by atoms with van der Waals surface area (Å²) in [6.07, 6.45) is 4.94. The Hall–Kier alpha value is -2.11. The average molecular weight is 387 g/mol. The summed E-state index contributed by atoms with van der Waals surface area (Å²) in [7, 11) is 0. The average Bonchev–Trinajstić information content (AvgIpc) is 2.72. The lowest BCUT2D eigenvalue weighted by molar-refractivity contribution is -0.189. The first-order valence-electron chi connectivity index (χ1n) is 10.6. The molecule has 2 heterocycles. The highest BCUT2D eigenvalue weighted by Crippen LogP contribution is 2.51. The van der Waals surface area contributed by atoms with Gasteiger partial charge in [0.15, 0.2) is 0 Å². The number of benzene rings is 1. The van der Waals surface area contributed by atoms with Crippen LogP contribution in [-0.2, 0) is 9.59 Å². The highest BCUT2D eigenvalue weighted by Gasteiger charge is 2.64. The van der Waals surface area contributed by atoms with Crippen LogP contribution in [0.4, 0.5) is 10.1 Å². The van der Waals surface area contributed by atoms with Crippen LogP contribution in [0, 0.1) is 11.2 Å². The third kappa shape index (κ3) is 3.07. The second-order valence-electron chi connectivity index (χ2n) is 8.71. The van der Waals surface area contributed by atoms with Crippen molar-refractivity contribution in [3.63, 3.8) is 0 Å². The van der Waals surface area contributed by atoms with Crippen molar-refractivity contribution in [2.45, 2.75) is 58.0 Å². The van der Waals surface area contributed by atoms with Crippen molar-refractivity contribution in [3.8, 4) is 0 Å². The van der Waals surface area contributed by atoms with Crippen molar-refractivity contribution in [1.29, 1.82) is 0 Å². The molecular formula is C22H30FN3O2. The first-order valence-corrected chi connectivity index (χ1v) is 10.6. The molecule has 6 heteroatoms. The first-order chi connectivity index (χ1) is 13.4. The summed E-state index contributed by atoms with van der Waals surface area (Å²) in [6.45, 7) is 6.74. The Morgan fingerprint density at radius 1 is 1.04 bits per heavy atom. The van der Waals surface area contributed by atoms with E-state index in [4.69, 9.17) is 0 Å². The third-order valence-electron chi connectivity index (χ3n) is 6.78. The number of hydrogen-bond acceptors (Lipinski definition) is 3. The van der Waals surface area contributed by atoms with Gasteiger partial charge in [0.1, 0.15) is 11.9 Å². The van der Waals surface area contributed by atoms with Crippen LogP contribution in [-0.4, -0.2) is 59.9 Å². The van der Waals surface area contributed by atoms with Crippen LogP contribution in [0.2, 0.25) is 0 Å². The number of nitrogens with zero attached hydrogens (tertiary/aromatic N) is 3. The quantitative estimate of drug-likeness (QED) is 0.749. The molecule has 0 N–H and O–H groups in total. The van der Waals surface area contributed by atoms with Gasteiger partial charge in [-0.3, -0.25) is 9.59 Å². The number of amides is 2. The molecule has 1 aromatic carbocycles. The third-order valence-corrected chi connectivity index (χ3v) is 6.78. The zero-order valence-electron chi connectivity index (χ0n) is 16.9. The number of anilines is 1. The molecule has 1 saturated carbocycles. The minimum atomic E-state index is -0.451. The summed E-state index contributed by atoms with van der Waals surface area (Å²) in [5, 5.41) is 0. The van der Waals surface area contributed by atoms with Gasteiger partial charge in [-0.15, -0.1) is 0 Å². The van der Waals surface area contributed by atoms with E-state index < -0.39 is 5.41 Å². The Bertz CT molecular complexity index is 735. The Morgan fingerprint density at radius 3 is 2.21 bits per heavy atom. The number of rotatable bonds is 3. The van der Waals surface area contributed by atoms with Gasteiger partial charge in [-0.1, -0.05) is 19.3 Å². The lowest BCUT2D eigenvalue weighted by atomic mass is 9.61. The highest BCUT2D eigenvalue weighted by molar-refractivity contribution is 6.02. The van der Waals surface area contributed by atoms with E-state index in [1.807, 2.05) is 23.6 Å². The number of halogens is 1. The number of piperazine rings is 1. The van der Waals surface area contributed by atoms with E-state index in [0.717, 1.165) is 50.9 Å².